The summed E-state index contributed by atoms with van der Waals surface area (Å²) in [5, 5.41) is 13.1. The van der Waals surface area contributed by atoms with Crippen LogP contribution in [-0.4, -0.2) is 24.0 Å². The first-order chi connectivity index (χ1) is 9.31. The van der Waals surface area contributed by atoms with Crippen molar-refractivity contribution in [1.82, 2.24) is 0 Å². The SMILES string of the molecule is C=CC(=O)Nc1ccc2cc(S(=O)(=O)O)cc(O)c2c1. The largest absolute Gasteiger partial charge is 0.507 e. The quantitative estimate of drug-likeness (QED) is 0.592. The number of hydrogen-bond donors (Lipinski definition) is 3. The molecule has 0 unspecified atom stereocenters. The molecule has 0 aromatic heterocycles. The number of rotatable bonds is 3. The van der Waals surface area contributed by atoms with Gasteiger partial charge in [-0.05, 0) is 29.7 Å². The molecular weight excluding hydrogens is 282 g/mol. The van der Waals surface area contributed by atoms with Crippen LogP contribution in [0.2, 0.25) is 0 Å². The van der Waals surface area contributed by atoms with E-state index in [2.05, 4.69) is 11.9 Å². The molecule has 1 amide bonds. The van der Waals surface area contributed by atoms with Gasteiger partial charge in [0.05, 0.1) is 4.90 Å². The average molecular weight is 293 g/mol. The molecule has 6 nitrogen and oxygen atoms in total. The van der Waals surface area contributed by atoms with Crippen LogP contribution in [-0.2, 0) is 14.9 Å². The molecule has 0 heterocycles. The molecule has 7 heteroatoms. The second kappa shape index (κ2) is 4.95. The van der Waals surface area contributed by atoms with Crippen LogP contribution in [0.15, 0.2) is 47.9 Å². The zero-order valence-corrected chi connectivity index (χ0v) is 11.0. The molecule has 0 aliphatic carbocycles. The van der Waals surface area contributed by atoms with E-state index < -0.39 is 20.9 Å². The van der Waals surface area contributed by atoms with Crippen molar-refractivity contribution in [2.45, 2.75) is 4.90 Å². The number of anilines is 1. The maximum atomic E-state index is 11.2. The Morgan fingerprint density at radius 1 is 1.25 bits per heavy atom. The summed E-state index contributed by atoms with van der Waals surface area (Å²) in [6, 6.07) is 6.71. The zero-order chi connectivity index (χ0) is 14.9. The van der Waals surface area contributed by atoms with Gasteiger partial charge in [0, 0.05) is 17.1 Å². The highest BCUT2D eigenvalue weighted by atomic mass is 32.2. The topological polar surface area (TPSA) is 104 Å². The Labute approximate surface area is 115 Å². The summed E-state index contributed by atoms with van der Waals surface area (Å²) in [5.41, 5.74) is 0.428. The van der Waals surface area contributed by atoms with Crippen LogP contribution in [0.4, 0.5) is 5.69 Å². The van der Waals surface area contributed by atoms with Gasteiger partial charge in [-0.25, -0.2) is 0 Å². The van der Waals surface area contributed by atoms with Crippen molar-refractivity contribution in [3.63, 3.8) is 0 Å². The van der Waals surface area contributed by atoms with Crippen molar-refractivity contribution >= 4 is 32.5 Å². The van der Waals surface area contributed by atoms with Gasteiger partial charge in [-0.1, -0.05) is 12.6 Å². The van der Waals surface area contributed by atoms with Crippen LogP contribution >= 0.6 is 0 Å². The zero-order valence-electron chi connectivity index (χ0n) is 10.2. The van der Waals surface area contributed by atoms with Crippen LogP contribution in [0, 0.1) is 0 Å². The highest BCUT2D eigenvalue weighted by molar-refractivity contribution is 7.85. The highest BCUT2D eigenvalue weighted by Crippen LogP contribution is 2.30. The summed E-state index contributed by atoms with van der Waals surface area (Å²) < 4.78 is 31.1. The van der Waals surface area contributed by atoms with Crippen molar-refractivity contribution in [1.29, 1.82) is 0 Å². The predicted molar refractivity (Wildman–Crippen MR) is 74.3 cm³/mol. The Bertz CT molecular complexity index is 811. The van der Waals surface area contributed by atoms with Gasteiger partial charge in [-0.3, -0.25) is 9.35 Å². The van der Waals surface area contributed by atoms with Gasteiger partial charge in [0.15, 0.2) is 0 Å². The number of carbonyl (C=O) groups is 1. The molecule has 2 aromatic rings. The fourth-order valence-corrected chi connectivity index (χ4v) is 2.27. The molecule has 20 heavy (non-hydrogen) atoms. The van der Waals surface area contributed by atoms with Gasteiger partial charge in [0.1, 0.15) is 5.75 Å². The Hall–Kier alpha value is -2.38. The van der Waals surface area contributed by atoms with E-state index in [1.165, 1.54) is 24.3 Å². The number of aromatic hydroxyl groups is 1. The third kappa shape index (κ3) is 2.79. The van der Waals surface area contributed by atoms with Crippen LogP contribution < -0.4 is 5.32 Å². The second-order valence-corrected chi connectivity index (χ2v) is 5.47. The normalized spacial score (nSPS) is 11.2. The molecule has 0 aliphatic heterocycles. The van der Waals surface area contributed by atoms with Gasteiger partial charge in [-0.2, -0.15) is 8.42 Å². The molecule has 0 atom stereocenters. The fraction of sp³-hybridized carbons (Fsp3) is 0. The minimum Gasteiger partial charge on any atom is -0.507 e. The summed E-state index contributed by atoms with van der Waals surface area (Å²) in [5.74, 6) is -0.719. The van der Waals surface area contributed by atoms with E-state index in [0.29, 0.717) is 16.5 Å². The van der Waals surface area contributed by atoms with Crippen LogP contribution in [0.1, 0.15) is 0 Å². The lowest BCUT2D eigenvalue weighted by Crippen LogP contribution is -2.07. The first kappa shape index (κ1) is 14.0. The summed E-state index contributed by atoms with van der Waals surface area (Å²) in [6.45, 7) is 3.32. The maximum absolute atomic E-state index is 11.2. The van der Waals surface area contributed by atoms with Crippen molar-refractivity contribution in [3.8, 4) is 5.75 Å². The molecule has 0 aliphatic rings. The number of fused-ring (bicyclic) bond motifs is 1. The molecule has 2 rings (SSSR count). The molecule has 0 bridgehead atoms. The van der Waals surface area contributed by atoms with Crippen LogP contribution in [0.5, 0.6) is 5.75 Å². The number of carbonyl (C=O) groups excluding carboxylic acids is 1. The number of nitrogens with one attached hydrogen (secondary N) is 1. The van der Waals surface area contributed by atoms with E-state index in [4.69, 9.17) is 4.55 Å². The molecular formula is C13H11NO5S. The average Bonchev–Trinajstić information content (AvgIpc) is 2.38. The first-order valence-corrected chi connectivity index (χ1v) is 6.93. The molecule has 0 saturated carbocycles. The summed E-state index contributed by atoms with van der Waals surface area (Å²) in [4.78, 5) is 10.8. The van der Waals surface area contributed by atoms with Crippen molar-refractivity contribution < 1.29 is 22.9 Å². The smallest absolute Gasteiger partial charge is 0.294 e. The molecule has 3 N–H and O–H groups in total. The van der Waals surface area contributed by atoms with Crippen LogP contribution in [0.3, 0.4) is 0 Å². The summed E-state index contributed by atoms with van der Waals surface area (Å²) in [7, 11) is -4.39. The molecule has 104 valence electrons. The monoisotopic (exact) mass is 293 g/mol. The van der Waals surface area contributed by atoms with E-state index in [1.807, 2.05) is 0 Å². The van der Waals surface area contributed by atoms with E-state index in [9.17, 15) is 18.3 Å². The number of hydrogen-bond acceptors (Lipinski definition) is 4. The van der Waals surface area contributed by atoms with Gasteiger partial charge in [0.2, 0.25) is 5.91 Å². The van der Waals surface area contributed by atoms with Gasteiger partial charge in [-0.15, -0.1) is 0 Å². The third-order valence-electron chi connectivity index (χ3n) is 2.66. The second-order valence-electron chi connectivity index (χ2n) is 4.05. The van der Waals surface area contributed by atoms with Gasteiger partial charge >= 0.3 is 0 Å². The molecule has 0 radical (unpaired) electrons. The fourth-order valence-electron chi connectivity index (χ4n) is 1.73. The molecule has 0 saturated heterocycles. The van der Waals surface area contributed by atoms with Gasteiger partial charge < -0.3 is 10.4 Å². The summed E-state index contributed by atoms with van der Waals surface area (Å²) in [6.07, 6.45) is 1.10. The Balaban J connectivity index is 2.57. The van der Waals surface area contributed by atoms with Gasteiger partial charge in [0.25, 0.3) is 10.1 Å². The number of amides is 1. The highest BCUT2D eigenvalue weighted by Gasteiger charge is 2.13. The molecule has 0 fully saturated rings. The number of phenols is 1. The Kier molecular flexibility index (Phi) is 3.47. The lowest BCUT2D eigenvalue weighted by Gasteiger charge is -2.07. The standard InChI is InChI=1S/C13H11NO5S/c1-2-13(16)14-9-4-3-8-5-10(20(17,18)19)7-12(15)11(8)6-9/h2-7,15H,1H2,(H,14,16)(H,17,18,19). The van der Waals surface area contributed by atoms with E-state index in [-0.39, 0.29) is 5.75 Å². The van der Waals surface area contributed by atoms with E-state index >= 15 is 0 Å². The molecule has 2 aromatic carbocycles. The number of phenolic OH excluding ortho intramolecular Hbond substituents is 1. The first-order valence-electron chi connectivity index (χ1n) is 5.49. The maximum Gasteiger partial charge on any atom is 0.294 e. The van der Waals surface area contributed by atoms with E-state index in [1.54, 1.807) is 0 Å². The predicted octanol–water partition coefficient (Wildman–Crippen LogP) is 1.92. The minimum absolute atomic E-state index is 0.315. The van der Waals surface area contributed by atoms with Crippen molar-refractivity contribution in [2.24, 2.45) is 0 Å². The van der Waals surface area contributed by atoms with Crippen molar-refractivity contribution in [3.05, 3.63) is 43.0 Å². The van der Waals surface area contributed by atoms with Crippen molar-refractivity contribution in [2.75, 3.05) is 5.32 Å². The molecule has 0 spiro atoms. The Morgan fingerprint density at radius 2 is 1.95 bits per heavy atom. The number of benzene rings is 2. The lowest BCUT2D eigenvalue weighted by molar-refractivity contribution is -0.111. The minimum atomic E-state index is -4.39. The summed E-state index contributed by atoms with van der Waals surface area (Å²) >= 11 is 0. The Morgan fingerprint density at radius 3 is 2.55 bits per heavy atom. The lowest BCUT2D eigenvalue weighted by atomic mass is 10.1. The van der Waals surface area contributed by atoms with E-state index in [0.717, 1.165) is 12.1 Å². The van der Waals surface area contributed by atoms with Crippen LogP contribution in [0.25, 0.3) is 10.8 Å². The third-order valence-corrected chi connectivity index (χ3v) is 3.49.